The predicted molar refractivity (Wildman–Crippen MR) is 159 cm³/mol. The number of hydrogen-bond acceptors (Lipinski definition) is 16. The number of H-pyrrole nitrogens is 1. The highest BCUT2D eigenvalue weighted by Gasteiger charge is 2.46. The van der Waals surface area contributed by atoms with Crippen molar-refractivity contribution in [3.8, 4) is 0 Å². The molecule has 3 aromatic rings. The number of carbonyl (C=O) groups excluding carboxylic acids is 2. The van der Waals surface area contributed by atoms with Crippen LogP contribution in [-0.2, 0) is 24.2 Å². The van der Waals surface area contributed by atoms with Crippen molar-refractivity contribution < 1.29 is 33.0 Å². The molecule has 0 bridgehead atoms. The van der Waals surface area contributed by atoms with E-state index < -0.39 is 68.8 Å². The number of imidazole rings is 1. The molecule has 242 valence electrons. The summed E-state index contributed by atoms with van der Waals surface area (Å²) in [7, 11) is -3.87. The zero-order chi connectivity index (χ0) is 32.7. The summed E-state index contributed by atoms with van der Waals surface area (Å²) in [6.45, 7) is 2.96. The van der Waals surface area contributed by atoms with Gasteiger partial charge in [0, 0.05) is 19.5 Å². The molecular formula is C24H32N12O8S. The van der Waals surface area contributed by atoms with Crippen molar-refractivity contribution in [3.63, 3.8) is 0 Å². The number of aliphatic hydroxyl groups excluding tert-OH is 2. The number of nitrogens with zero attached hydrogens (tertiary/aromatic N) is 6. The van der Waals surface area contributed by atoms with Gasteiger partial charge in [-0.15, -0.1) is 0 Å². The third kappa shape index (κ3) is 6.55. The number of fused-ring (bicyclic) bond motifs is 2. The standard InChI is InChI=1S/C24H32N12O8S/c1-24(2)16(32-13-18(35-24)33-23(26)34-20(13)40)21(41)28-4-3-11(37)27-5-6-45(42,43)7-10-14(38)15(39)22(44-10)36-9-31-12-17(25)29-8-30-19(12)36/h8-10,14-15,22,38-39H,3-7H2,1-2H3,(H,27,37)(H,28,41)(H2,25,29,30)(H4,26,33,34,35,40). The van der Waals surface area contributed by atoms with Crippen LogP contribution in [-0.4, -0.2) is 114 Å². The Morgan fingerprint density at radius 1 is 1.13 bits per heavy atom. The first-order chi connectivity index (χ1) is 21.2. The second-order valence-corrected chi connectivity index (χ2v) is 13.2. The third-order valence-corrected chi connectivity index (χ3v) is 8.83. The van der Waals surface area contributed by atoms with Gasteiger partial charge in [0.1, 0.15) is 35.9 Å². The number of anilines is 3. The molecule has 0 aromatic carbocycles. The summed E-state index contributed by atoms with van der Waals surface area (Å²) in [6.07, 6.45) is -3.15. The lowest BCUT2D eigenvalue weighted by atomic mass is 9.95. The first kappa shape index (κ1) is 31.7. The molecule has 4 unspecified atom stereocenters. The Balaban J connectivity index is 1.09. The fourth-order valence-electron chi connectivity index (χ4n) is 4.91. The van der Waals surface area contributed by atoms with Crippen LogP contribution in [0.25, 0.3) is 11.2 Å². The molecule has 45 heavy (non-hydrogen) atoms. The fraction of sp³-hybridized carbons (Fsp3) is 0.500. The minimum Gasteiger partial charge on any atom is -0.387 e. The van der Waals surface area contributed by atoms with Crippen molar-refractivity contribution in [2.24, 2.45) is 4.99 Å². The molecule has 0 spiro atoms. The van der Waals surface area contributed by atoms with Gasteiger partial charge in [0.05, 0.1) is 23.4 Å². The molecule has 21 heteroatoms. The molecule has 0 saturated carbocycles. The van der Waals surface area contributed by atoms with E-state index in [1.165, 1.54) is 17.2 Å². The van der Waals surface area contributed by atoms with Crippen molar-refractivity contribution in [1.82, 2.24) is 40.1 Å². The summed E-state index contributed by atoms with van der Waals surface area (Å²) in [6, 6.07) is 0. The lowest BCUT2D eigenvalue weighted by Crippen LogP contribution is -2.51. The Morgan fingerprint density at radius 3 is 2.64 bits per heavy atom. The highest BCUT2D eigenvalue weighted by Crippen LogP contribution is 2.33. The second kappa shape index (κ2) is 12.0. The highest BCUT2D eigenvalue weighted by atomic mass is 32.2. The minimum atomic E-state index is -3.87. The normalized spacial score (nSPS) is 22.4. The Labute approximate surface area is 254 Å². The maximum atomic E-state index is 12.8. The summed E-state index contributed by atoms with van der Waals surface area (Å²) in [5, 5.41) is 29.0. The first-order valence-electron chi connectivity index (χ1n) is 13.6. The summed E-state index contributed by atoms with van der Waals surface area (Å²) in [5.74, 6) is -2.14. The van der Waals surface area contributed by atoms with E-state index in [1.807, 2.05) is 0 Å². The van der Waals surface area contributed by atoms with Gasteiger partial charge in [-0.25, -0.2) is 28.4 Å². The summed E-state index contributed by atoms with van der Waals surface area (Å²) >= 11 is 0. The number of carbonyl (C=O) groups is 2. The van der Waals surface area contributed by atoms with Gasteiger partial charge in [-0.2, -0.15) is 4.98 Å². The van der Waals surface area contributed by atoms with Crippen LogP contribution in [0.5, 0.6) is 0 Å². The van der Waals surface area contributed by atoms with Crippen LogP contribution in [0.15, 0.2) is 22.4 Å². The Kier molecular flexibility index (Phi) is 8.44. The van der Waals surface area contributed by atoms with Crippen molar-refractivity contribution >= 4 is 61.8 Å². The van der Waals surface area contributed by atoms with Crippen LogP contribution in [0.2, 0.25) is 0 Å². The van der Waals surface area contributed by atoms with Crippen LogP contribution in [0, 0.1) is 0 Å². The third-order valence-electron chi connectivity index (χ3n) is 7.16. The summed E-state index contributed by atoms with van der Waals surface area (Å²) in [4.78, 5) is 59.7. The molecule has 1 saturated heterocycles. The number of rotatable bonds is 10. The van der Waals surface area contributed by atoms with Gasteiger partial charge in [0.2, 0.25) is 11.9 Å². The molecule has 1 fully saturated rings. The molecule has 10 N–H and O–H groups in total. The number of amides is 2. The van der Waals surface area contributed by atoms with E-state index in [1.54, 1.807) is 13.8 Å². The van der Waals surface area contributed by atoms with Gasteiger partial charge >= 0.3 is 0 Å². The van der Waals surface area contributed by atoms with Crippen molar-refractivity contribution in [1.29, 1.82) is 0 Å². The highest BCUT2D eigenvalue weighted by molar-refractivity contribution is 7.91. The molecule has 4 atom stereocenters. The average molecular weight is 649 g/mol. The van der Waals surface area contributed by atoms with Gasteiger partial charge in [-0.1, -0.05) is 0 Å². The smallest absolute Gasteiger partial charge is 0.280 e. The molecule has 5 rings (SSSR count). The van der Waals surface area contributed by atoms with E-state index >= 15 is 0 Å². The number of hydrogen-bond donors (Lipinski definition) is 8. The molecule has 20 nitrogen and oxygen atoms in total. The number of aromatic nitrogens is 6. The zero-order valence-electron chi connectivity index (χ0n) is 24.1. The van der Waals surface area contributed by atoms with Crippen LogP contribution < -0.4 is 33.0 Å². The summed E-state index contributed by atoms with van der Waals surface area (Å²) < 4.78 is 32.5. The van der Waals surface area contributed by atoms with E-state index in [2.05, 4.69) is 45.9 Å². The van der Waals surface area contributed by atoms with Crippen molar-refractivity contribution in [2.45, 2.75) is 50.3 Å². The zero-order valence-corrected chi connectivity index (χ0v) is 24.9. The molecule has 0 radical (unpaired) electrons. The van der Waals surface area contributed by atoms with Gasteiger partial charge in [-0.3, -0.25) is 23.9 Å². The van der Waals surface area contributed by atoms with Crippen molar-refractivity contribution in [2.75, 3.05) is 41.4 Å². The number of aliphatic imine (C=N–C) groups is 1. The summed E-state index contributed by atoms with van der Waals surface area (Å²) in [5.41, 5.74) is 10.1. The Morgan fingerprint density at radius 2 is 1.89 bits per heavy atom. The largest absolute Gasteiger partial charge is 0.387 e. The number of nitrogen functional groups attached to an aromatic ring is 2. The second-order valence-electron chi connectivity index (χ2n) is 11.0. The lowest BCUT2D eigenvalue weighted by molar-refractivity contribution is -0.121. The number of sulfone groups is 1. The molecule has 2 aliphatic rings. The number of aliphatic hydroxyl groups is 2. The Hall–Kier alpha value is -4.73. The maximum absolute atomic E-state index is 12.8. The first-order valence-corrected chi connectivity index (χ1v) is 15.5. The van der Waals surface area contributed by atoms with E-state index in [0.29, 0.717) is 0 Å². The monoisotopic (exact) mass is 648 g/mol. The number of ether oxygens (including phenoxy) is 1. The molecule has 2 aliphatic heterocycles. The van der Waals surface area contributed by atoms with Crippen molar-refractivity contribution in [3.05, 3.63) is 23.0 Å². The van der Waals surface area contributed by atoms with Crippen LogP contribution >= 0.6 is 0 Å². The van der Waals surface area contributed by atoms with Gasteiger partial charge < -0.3 is 42.4 Å². The van der Waals surface area contributed by atoms with E-state index in [4.69, 9.17) is 16.2 Å². The van der Waals surface area contributed by atoms with Crippen LogP contribution in [0.3, 0.4) is 0 Å². The van der Waals surface area contributed by atoms with Crippen LogP contribution in [0.1, 0.15) is 26.5 Å². The fourth-order valence-corrected chi connectivity index (χ4v) is 6.27. The average Bonchev–Trinajstić information content (AvgIpc) is 3.49. The molecular weight excluding hydrogens is 616 g/mol. The number of nitrogens with two attached hydrogens (primary N) is 2. The number of aromatic amines is 1. The molecule has 5 heterocycles. The minimum absolute atomic E-state index is 0.0131. The lowest BCUT2D eigenvalue weighted by Gasteiger charge is -2.31. The van der Waals surface area contributed by atoms with Crippen LogP contribution in [0.4, 0.5) is 23.3 Å². The van der Waals surface area contributed by atoms with Gasteiger partial charge in [-0.05, 0) is 13.8 Å². The Bertz CT molecular complexity index is 1840. The van der Waals surface area contributed by atoms with Gasteiger partial charge in [0.25, 0.3) is 11.5 Å². The molecule has 0 aliphatic carbocycles. The van der Waals surface area contributed by atoms with E-state index in [0.717, 1.165) is 0 Å². The quantitative estimate of drug-likeness (QED) is 0.107. The predicted octanol–water partition coefficient (Wildman–Crippen LogP) is -3.29. The van der Waals surface area contributed by atoms with Gasteiger partial charge in [0.15, 0.2) is 39.0 Å². The SMILES string of the molecule is CC1(C)Nc2nc(N)[nH]c(=O)c2N=C1C(=O)NCCC(=O)NCCS(=O)(=O)CC1OC(n2cnc3c(N)ncnc32)C(O)C1O. The van der Waals surface area contributed by atoms with E-state index in [9.17, 15) is 33.0 Å². The molecule has 3 aromatic heterocycles. The van der Waals surface area contributed by atoms with E-state index in [-0.39, 0.29) is 59.7 Å². The maximum Gasteiger partial charge on any atom is 0.280 e. The number of nitrogens with one attached hydrogen (secondary N) is 4. The topological polar surface area (TPSA) is 308 Å². The molecule has 2 amide bonds.